The molecule has 0 aliphatic heterocycles. The van der Waals surface area contributed by atoms with Crippen molar-refractivity contribution in [2.75, 3.05) is 0 Å². The van der Waals surface area contributed by atoms with Crippen molar-refractivity contribution in [2.24, 2.45) is 0 Å². The van der Waals surface area contributed by atoms with Crippen molar-refractivity contribution >= 4 is 11.9 Å². The second kappa shape index (κ2) is 7.04. The number of nitrogens with zero attached hydrogens (tertiary/aromatic N) is 3. The van der Waals surface area contributed by atoms with Crippen LogP contribution in [0, 0.1) is 0 Å². The Morgan fingerprint density at radius 3 is 2.61 bits per heavy atom. The summed E-state index contributed by atoms with van der Waals surface area (Å²) in [6, 6.07) is 7.86. The number of benzene rings is 1. The summed E-state index contributed by atoms with van der Waals surface area (Å²) in [5.74, 6) is -1.02. The van der Waals surface area contributed by atoms with Crippen molar-refractivity contribution in [1.29, 1.82) is 0 Å². The first-order valence-corrected chi connectivity index (χ1v) is 7.39. The second-order valence-corrected chi connectivity index (χ2v) is 5.72. The third kappa shape index (κ3) is 4.38. The van der Waals surface area contributed by atoms with E-state index in [-0.39, 0.29) is 24.2 Å². The molecule has 2 N–H and O–H groups in total. The molecule has 7 heteroatoms. The quantitative estimate of drug-likeness (QED) is 0.849. The Hall–Kier alpha value is -2.70. The monoisotopic (exact) mass is 316 g/mol. The van der Waals surface area contributed by atoms with Crippen LogP contribution in [0.25, 0.3) is 0 Å². The molecule has 2 rings (SSSR count). The van der Waals surface area contributed by atoms with Gasteiger partial charge in [-0.3, -0.25) is 9.59 Å². The van der Waals surface area contributed by atoms with E-state index in [1.54, 1.807) is 0 Å². The Bertz CT molecular complexity index is 709. The number of amides is 1. The zero-order valence-corrected chi connectivity index (χ0v) is 13.4. The van der Waals surface area contributed by atoms with Crippen LogP contribution in [0.2, 0.25) is 0 Å². The minimum Gasteiger partial charge on any atom is -0.480 e. The van der Waals surface area contributed by atoms with E-state index in [1.807, 2.05) is 19.1 Å². The number of nitrogens with one attached hydrogen (secondary N) is 1. The number of carbonyl (C=O) groups is 2. The molecule has 0 aliphatic rings. The van der Waals surface area contributed by atoms with Crippen LogP contribution in [-0.4, -0.2) is 32.0 Å². The molecular formula is C16H20N4O3. The van der Waals surface area contributed by atoms with E-state index in [0.29, 0.717) is 5.92 Å². The van der Waals surface area contributed by atoms with E-state index >= 15 is 0 Å². The summed E-state index contributed by atoms with van der Waals surface area (Å²) in [6.07, 6.45) is 1.32. The molecule has 0 spiro atoms. The van der Waals surface area contributed by atoms with Crippen molar-refractivity contribution in [3.63, 3.8) is 0 Å². The maximum absolute atomic E-state index is 12.2. The zero-order valence-electron chi connectivity index (χ0n) is 13.4. The molecule has 1 aromatic carbocycles. The van der Waals surface area contributed by atoms with Gasteiger partial charge in [0.05, 0.1) is 12.2 Å². The van der Waals surface area contributed by atoms with E-state index in [2.05, 4.69) is 41.6 Å². The number of carbonyl (C=O) groups excluding carboxylic acids is 1. The number of hydrogen-bond acceptors (Lipinski definition) is 4. The number of carboxylic acids is 1. The highest BCUT2D eigenvalue weighted by Crippen LogP contribution is 2.20. The first-order valence-electron chi connectivity index (χ1n) is 7.39. The normalized spacial score (nSPS) is 12.2. The van der Waals surface area contributed by atoms with E-state index in [4.69, 9.17) is 5.11 Å². The van der Waals surface area contributed by atoms with Crippen molar-refractivity contribution in [2.45, 2.75) is 39.3 Å². The van der Waals surface area contributed by atoms with Gasteiger partial charge in [-0.2, -0.15) is 0 Å². The first kappa shape index (κ1) is 16.7. The summed E-state index contributed by atoms with van der Waals surface area (Å²) in [6.45, 7) is 5.79. The molecule has 1 aromatic heterocycles. The summed E-state index contributed by atoms with van der Waals surface area (Å²) >= 11 is 0. The van der Waals surface area contributed by atoms with E-state index in [0.717, 1.165) is 10.2 Å². The molecule has 1 heterocycles. The maximum Gasteiger partial charge on any atom is 0.325 e. The van der Waals surface area contributed by atoms with Gasteiger partial charge < -0.3 is 10.4 Å². The largest absolute Gasteiger partial charge is 0.480 e. The van der Waals surface area contributed by atoms with Gasteiger partial charge in [-0.1, -0.05) is 43.3 Å². The summed E-state index contributed by atoms with van der Waals surface area (Å²) in [5.41, 5.74) is 2.30. The molecule has 0 fully saturated rings. The maximum atomic E-state index is 12.2. The van der Waals surface area contributed by atoms with Crippen LogP contribution in [0.4, 0.5) is 0 Å². The van der Waals surface area contributed by atoms with Gasteiger partial charge in [0.1, 0.15) is 6.54 Å². The highest BCUT2D eigenvalue weighted by atomic mass is 16.4. The van der Waals surface area contributed by atoms with Crippen molar-refractivity contribution in [3.05, 3.63) is 47.3 Å². The summed E-state index contributed by atoms with van der Waals surface area (Å²) < 4.78 is 1.11. The van der Waals surface area contributed by atoms with Crippen LogP contribution in [0.15, 0.2) is 30.5 Å². The van der Waals surface area contributed by atoms with Gasteiger partial charge in [0.25, 0.3) is 5.91 Å². The lowest BCUT2D eigenvalue weighted by Gasteiger charge is -2.15. The topological polar surface area (TPSA) is 97.1 Å². The molecule has 23 heavy (non-hydrogen) atoms. The lowest BCUT2D eigenvalue weighted by atomic mass is 9.98. The molecule has 1 atom stereocenters. The molecule has 7 nitrogen and oxygen atoms in total. The van der Waals surface area contributed by atoms with Crippen molar-refractivity contribution < 1.29 is 14.7 Å². The third-order valence-electron chi connectivity index (χ3n) is 3.49. The number of aliphatic carboxylic acids is 1. The lowest BCUT2D eigenvalue weighted by molar-refractivity contribution is -0.137. The first-order chi connectivity index (χ1) is 10.9. The molecule has 0 saturated carbocycles. The Kier molecular flexibility index (Phi) is 5.10. The highest BCUT2D eigenvalue weighted by Gasteiger charge is 2.16. The van der Waals surface area contributed by atoms with Crippen LogP contribution >= 0.6 is 0 Å². The van der Waals surface area contributed by atoms with Gasteiger partial charge in [-0.15, -0.1) is 5.10 Å². The second-order valence-electron chi connectivity index (χ2n) is 5.72. The number of rotatable bonds is 6. The van der Waals surface area contributed by atoms with Crippen LogP contribution in [0.5, 0.6) is 0 Å². The summed E-state index contributed by atoms with van der Waals surface area (Å²) in [7, 11) is 0. The van der Waals surface area contributed by atoms with Gasteiger partial charge in [-0.25, -0.2) is 4.68 Å². The summed E-state index contributed by atoms with van der Waals surface area (Å²) in [4.78, 5) is 22.8. The predicted molar refractivity (Wildman–Crippen MR) is 84.1 cm³/mol. The highest BCUT2D eigenvalue weighted by molar-refractivity contribution is 5.92. The number of carboxylic acid groups (broad SMARTS) is 1. The number of aromatic nitrogens is 3. The van der Waals surface area contributed by atoms with Crippen molar-refractivity contribution in [3.8, 4) is 0 Å². The predicted octanol–water partition coefficient (Wildman–Crippen LogP) is 1.98. The van der Waals surface area contributed by atoms with E-state index in [1.165, 1.54) is 11.8 Å². The fourth-order valence-electron chi connectivity index (χ4n) is 2.16. The van der Waals surface area contributed by atoms with Gasteiger partial charge in [0.2, 0.25) is 0 Å². The van der Waals surface area contributed by atoms with Crippen LogP contribution in [0.3, 0.4) is 0 Å². The van der Waals surface area contributed by atoms with Gasteiger partial charge in [0.15, 0.2) is 5.69 Å². The molecular weight excluding hydrogens is 296 g/mol. The summed E-state index contributed by atoms with van der Waals surface area (Å²) in [5, 5.41) is 18.9. The Balaban J connectivity index is 2.06. The van der Waals surface area contributed by atoms with E-state index < -0.39 is 5.97 Å². The Morgan fingerprint density at radius 1 is 1.26 bits per heavy atom. The van der Waals surface area contributed by atoms with Crippen LogP contribution in [0.1, 0.15) is 54.3 Å². The van der Waals surface area contributed by atoms with Crippen LogP contribution in [-0.2, 0) is 11.3 Å². The Labute approximate surface area is 134 Å². The van der Waals surface area contributed by atoms with Gasteiger partial charge in [0, 0.05) is 0 Å². The smallest absolute Gasteiger partial charge is 0.325 e. The average Bonchev–Trinajstić information content (AvgIpc) is 2.95. The number of hydrogen-bond donors (Lipinski definition) is 2. The molecule has 0 bridgehead atoms. The minimum absolute atomic E-state index is 0.0955. The molecule has 1 amide bonds. The third-order valence-corrected chi connectivity index (χ3v) is 3.49. The molecule has 0 saturated heterocycles. The van der Waals surface area contributed by atoms with Gasteiger partial charge >= 0.3 is 5.97 Å². The van der Waals surface area contributed by atoms with Crippen LogP contribution < -0.4 is 5.32 Å². The minimum atomic E-state index is -1.04. The van der Waals surface area contributed by atoms with Gasteiger partial charge in [-0.05, 0) is 24.0 Å². The standard InChI is InChI=1S/C16H20N4O3/c1-10(2)12-5-4-6-13(7-12)11(3)17-16(23)14-8-20(19-18-14)9-15(21)22/h4-8,10-11H,9H2,1-3H3,(H,17,23)(H,21,22). The average molecular weight is 316 g/mol. The Morgan fingerprint density at radius 2 is 1.96 bits per heavy atom. The fraction of sp³-hybridized carbons (Fsp3) is 0.375. The molecule has 2 aromatic rings. The molecule has 0 aliphatic carbocycles. The molecule has 1 unspecified atom stereocenters. The molecule has 0 radical (unpaired) electrons. The molecule has 122 valence electrons. The fourth-order valence-corrected chi connectivity index (χ4v) is 2.16. The lowest BCUT2D eigenvalue weighted by Crippen LogP contribution is -2.27. The zero-order chi connectivity index (χ0) is 17.0. The van der Waals surface area contributed by atoms with E-state index in [9.17, 15) is 9.59 Å². The SMILES string of the molecule is CC(C)c1cccc(C(C)NC(=O)c2cn(CC(=O)O)nn2)c1. The van der Waals surface area contributed by atoms with Crippen molar-refractivity contribution in [1.82, 2.24) is 20.3 Å².